The number of hydrogen-bond donors (Lipinski definition) is 1. The molecule has 1 aromatic heterocycles. The normalized spacial score (nSPS) is 15.3. The van der Waals surface area contributed by atoms with Crippen molar-refractivity contribution in [3.8, 4) is 5.69 Å². The molecule has 0 aliphatic carbocycles. The summed E-state index contributed by atoms with van der Waals surface area (Å²) in [5, 5.41) is 12.1. The number of anilines is 1. The molecule has 43 heavy (non-hydrogen) atoms. The zero-order chi connectivity index (χ0) is 29.8. The molecular formula is C31H32N6O4S2. The number of benzene rings is 3. The van der Waals surface area contributed by atoms with Gasteiger partial charge in [-0.05, 0) is 67.3 Å². The van der Waals surface area contributed by atoms with Crippen molar-refractivity contribution in [3.63, 3.8) is 0 Å². The summed E-state index contributed by atoms with van der Waals surface area (Å²) in [5.74, 6) is 0.336. The fourth-order valence-electron chi connectivity index (χ4n) is 5.44. The fraction of sp³-hybridized carbons (Fsp3) is 0.290. The Bertz CT molecular complexity index is 1720. The van der Waals surface area contributed by atoms with Gasteiger partial charge in [0.15, 0.2) is 11.0 Å². The maximum Gasteiger partial charge on any atom is 0.251 e. The summed E-state index contributed by atoms with van der Waals surface area (Å²) in [6.45, 7) is 1.79. The summed E-state index contributed by atoms with van der Waals surface area (Å²) >= 11 is 1.30. The maximum atomic E-state index is 13.1. The summed E-state index contributed by atoms with van der Waals surface area (Å²) in [6.07, 6.45) is 3.59. The Morgan fingerprint density at radius 2 is 1.56 bits per heavy atom. The highest BCUT2D eigenvalue weighted by Gasteiger charge is 2.27. The number of piperidine rings is 1. The molecule has 3 aromatic carbocycles. The Morgan fingerprint density at radius 1 is 0.837 bits per heavy atom. The van der Waals surface area contributed by atoms with E-state index in [-0.39, 0.29) is 29.0 Å². The van der Waals surface area contributed by atoms with Crippen LogP contribution in [0.3, 0.4) is 0 Å². The molecule has 1 saturated heterocycles. The van der Waals surface area contributed by atoms with Crippen LogP contribution < -0.4 is 10.2 Å². The van der Waals surface area contributed by atoms with Crippen LogP contribution >= 0.6 is 11.8 Å². The Morgan fingerprint density at radius 3 is 2.33 bits per heavy atom. The third kappa shape index (κ3) is 6.22. The first-order chi connectivity index (χ1) is 20.9. The number of nitrogens with zero attached hydrogens (tertiary/aromatic N) is 5. The van der Waals surface area contributed by atoms with Gasteiger partial charge in [-0.1, -0.05) is 54.6 Å². The van der Waals surface area contributed by atoms with Crippen LogP contribution in [0.5, 0.6) is 0 Å². The fourth-order valence-corrected chi connectivity index (χ4v) is 7.80. The molecule has 1 fully saturated rings. The lowest BCUT2D eigenvalue weighted by Crippen LogP contribution is -2.35. The standard InChI is InChI=1S/C31H32N6O4S2/c38-29(36-20-17-23-9-5-6-12-27(23)36)22-42-31-34-33-28(37(31)25-10-3-1-4-11-25)21-32-30(39)24-13-15-26(16-14-24)43(40,41)35-18-7-2-8-19-35/h1,3-6,9-16H,2,7-8,17-22H2,(H,32,39). The molecule has 6 rings (SSSR count). The number of aromatic nitrogens is 3. The van der Waals surface area contributed by atoms with Crippen molar-refractivity contribution in [1.29, 1.82) is 0 Å². The van der Waals surface area contributed by atoms with E-state index < -0.39 is 10.0 Å². The second-order valence-corrected chi connectivity index (χ2v) is 13.3. The van der Waals surface area contributed by atoms with Crippen LogP contribution in [-0.4, -0.2) is 64.7 Å². The lowest BCUT2D eigenvalue weighted by Gasteiger charge is -2.25. The quantitative estimate of drug-likeness (QED) is 0.282. The van der Waals surface area contributed by atoms with E-state index in [9.17, 15) is 18.0 Å². The lowest BCUT2D eigenvalue weighted by atomic mass is 10.2. The number of sulfonamides is 1. The van der Waals surface area contributed by atoms with Gasteiger partial charge in [0.1, 0.15) is 0 Å². The van der Waals surface area contributed by atoms with E-state index in [1.165, 1.54) is 45.9 Å². The SMILES string of the molecule is O=C(NCc1nnc(SCC(=O)N2CCc3ccccc32)n1-c1ccccc1)c1ccc(S(=O)(=O)N2CCCCC2)cc1. The van der Waals surface area contributed by atoms with Crippen LogP contribution in [0.2, 0.25) is 0 Å². The molecule has 2 aliphatic rings. The molecule has 0 saturated carbocycles. The molecule has 3 heterocycles. The number of carbonyl (C=O) groups excluding carboxylic acids is 2. The maximum absolute atomic E-state index is 13.1. The third-order valence-corrected chi connectivity index (χ3v) is 10.5. The summed E-state index contributed by atoms with van der Waals surface area (Å²) in [4.78, 5) is 28.1. The van der Waals surface area contributed by atoms with Crippen molar-refractivity contribution in [2.75, 3.05) is 30.3 Å². The Hall–Kier alpha value is -4.00. The third-order valence-electron chi connectivity index (χ3n) is 7.70. The van der Waals surface area contributed by atoms with E-state index in [4.69, 9.17) is 0 Å². The van der Waals surface area contributed by atoms with Crippen molar-refractivity contribution in [2.45, 2.75) is 42.3 Å². The van der Waals surface area contributed by atoms with Gasteiger partial charge in [-0.3, -0.25) is 14.2 Å². The number of hydrogen-bond acceptors (Lipinski definition) is 7. The van der Waals surface area contributed by atoms with E-state index in [0.717, 1.165) is 37.1 Å². The van der Waals surface area contributed by atoms with Gasteiger partial charge in [-0.2, -0.15) is 4.31 Å². The zero-order valence-electron chi connectivity index (χ0n) is 23.6. The number of amides is 2. The number of para-hydroxylation sites is 2. The minimum absolute atomic E-state index is 0.00170. The van der Waals surface area contributed by atoms with E-state index in [2.05, 4.69) is 15.5 Å². The largest absolute Gasteiger partial charge is 0.345 e. The van der Waals surface area contributed by atoms with Crippen LogP contribution in [0.4, 0.5) is 5.69 Å². The second kappa shape index (κ2) is 12.7. The lowest BCUT2D eigenvalue weighted by molar-refractivity contribution is -0.116. The predicted molar refractivity (Wildman–Crippen MR) is 165 cm³/mol. The Labute approximate surface area is 255 Å². The predicted octanol–water partition coefficient (Wildman–Crippen LogP) is 4.05. The van der Waals surface area contributed by atoms with Crippen LogP contribution in [-0.2, 0) is 27.8 Å². The smallest absolute Gasteiger partial charge is 0.251 e. The van der Waals surface area contributed by atoms with Gasteiger partial charge in [0.2, 0.25) is 15.9 Å². The molecule has 10 nitrogen and oxygen atoms in total. The molecule has 222 valence electrons. The van der Waals surface area contributed by atoms with E-state index >= 15 is 0 Å². The number of thioether (sulfide) groups is 1. The molecule has 0 bridgehead atoms. The van der Waals surface area contributed by atoms with Crippen molar-refractivity contribution >= 4 is 39.3 Å². The molecule has 0 spiro atoms. The molecular weight excluding hydrogens is 585 g/mol. The van der Waals surface area contributed by atoms with Crippen LogP contribution in [0.1, 0.15) is 41.0 Å². The van der Waals surface area contributed by atoms with Gasteiger partial charge < -0.3 is 10.2 Å². The monoisotopic (exact) mass is 616 g/mol. The topological polar surface area (TPSA) is 117 Å². The molecule has 0 unspecified atom stereocenters. The van der Waals surface area contributed by atoms with Crippen molar-refractivity contribution in [1.82, 2.24) is 24.4 Å². The van der Waals surface area contributed by atoms with Gasteiger partial charge in [0.25, 0.3) is 5.91 Å². The molecule has 0 atom stereocenters. The van der Waals surface area contributed by atoms with E-state index in [1.54, 1.807) is 0 Å². The van der Waals surface area contributed by atoms with Gasteiger partial charge in [-0.15, -0.1) is 10.2 Å². The molecule has 1 N–H and O–H groups in total. The Kier molecular flexibility index (Phi) is 8.59. The average Bonchev–Trinajstić information content (AvgIpc) is 3.68. The van der Waals surface area contributed by atoms with E-state index in [1.807, 2.05) is 64.1 Å². The van der Waals surface area contributed by atoms with Crippen molar-refractivity contribution < 1.29 is 18.0 Å². The van der Waals surface area contributed by atoms with Gasteiger partial charge in [-0.25, -0.2) is 8.42 Å². The van der Waals surface area contributed by atoms with E-state index in [0.29, 0.717) is 36.2 Å². The van der Waals surface area contributed by atoms with Crippen LogP contribution in [0.15, 0.2) is 88.9 Å². The highest BCUT2D eigenvalue weighted by molar-refractivity contribution is 7.99. The summed E-state index contributed by atoms with van der Waals surface area (Å²) < 4.78 is 29.3. The molecule has 12 heteroatoms. The highest BCUT2D eigenvalue weighted by Crippen LogP contribution is 2.29. The summed E-state index contributed by atoms with van der Waals surface area (Å²) in [5.41, 5.74) is 3.28. The van der Waals surface area contributed by atoms with Crippen molar-refractivity contribution in [2.24, 2.45) is 0 Å². The Balaban J connectivity index is 1.14. The summed E-state index contributed by atoms with van der Waals surface area (Å²) in [7, 11) is -3.57. The van der Waals surface area contributed by atoms with Crippen molar-refractivity contribution in [3.05, 3.63) is 95.8 Å². The van der Waals surface area contributed by atoms with Crippen LogP contribution in [0.25, 0.3) is 5.69 Å². The van der Waals surface area contributed by atoms with Gasteiger partial charge >= 0.3 is 0 Å². The summed E-state index contributed by atoms with van der Waals surface area (Å²) in [6, 6.07) is 23.5. The zero-order valence-corrected chi connectivity index (χ0v) is 25.2. The minimum Gasteiger partial charge on any atom is -0.345 e. The first kappa shape index (κ1) is 29.1. The number of rotatable bonds is 9. The molecule has 2 amide bonds. The second-order valence-electron chi connectivity index (χ2n) is 10.5. The molecule has 2 aliphatic heterocycles. The van der Waals surface area contributed by atoms with Gasteiger partial charge in [0.05, 0.1) is 17.2 Å². The number of nitrogens with one attached hydrogen (secondary N) is 1. The number of carbonyl (C=O) groups is 2. The van der Waals surface area contributed by atoms with Gasteiger partial charge in [0, 0.05) is 36.6 Å². The molecule has 0 radical (unpaired) electrons. The average molecular weight is 617 g/mol. The minimum atomic E-state index is -3.57. The van der Waals surface area contributed by atoms with Crippen LogP contribution in [0, 0.1) is 0 Å². The first-order valence-electron chi connectivity index (χ1n) is 14.3. The highest BCUT2D eigenvalue weighted by atomic mass is 32.2. The number of fused-ring (bicyclic) bond motifs is 1. The first-order valence-corrected chi connectivity index (χ1v) is 16.7. The molecule has 4 aromatic rings.